The third kappa shape index (κ3) is 2.88. The molecule has 6 nitrogen and oxygen atoms in total. The molecule has 102 valence electrons. The van der Waals surface area contributed by atoms with Crippen LogP contribution in [0.5, 0.6) is 5.75 Å². The summed E-state index contributed by atoms with van der Waals surface area (Å²) in [4.78, 5) is 4.04. The van der Waals surface area contributed by atoms with Gasteiger partial charge < -0.3 is 20.1 Å². The van der Waals surface area contributed by atoms with Gasteiger partial charge in [-0.15, -0.1) is 0 Å². The molecule has 0 radical (unpaired) electrons. The van der Waals surface area contributed by atoms with E-state index in [-0.39, 0.29) is 17.5 Å². The maximum Gasteiger partial charge on any atom is 0.255 e. The van der Waals surface area contributed by atoms with Crippen molar-refractivity contribution in [2.24, 2.45) is 5.73 Å². The summed E-state index contributed by atoms with van der Waals surface area (Å²) in [5.41, 5.74) is 5.87. The fourth-order valence-corrected chi connectivity index (χ4v) is 1.57. The van der Waals surface area contributed by atoms with Crippen LogP contribution in [0.25, 0.3) is 11.4 Å². The van der Waals surface area contributed by atoms with Crippen LogP contribution >= 0.6 is 0 Å². The molecule has 1 aromatic heterocycles. The monoisotopic (exact) mass is 267 g/mol. The largest absolute Gasteiger partial charge is 0.494 e. The molecule has 1 aromatic carbocycles. The third-order valence-corrected chi connectivity index (χ3v) is 2.58. The Morgan fingerprint density at radius 1 is 1.53 bits per heavy atom. The van der Waals surface area contributed by atoms with Crippen LogP contribution in [0.2, 0.25) is 0 Å². The van der Waals surface area contributed by atoms with E-state index in [0.29, 0.717) is 18.5 Å². The maximum absolute atomic E-state index is 13.3. The van der Waals surface area contributed by atoms with E-state index in [1.807, 2.05) is 0 Å². The summed E-state index contributed by atoms with van der Waals surface area (Å²) < 4.78 is 23.1. The van der Waals surface area contributed by atoms with Crippen LogP contribution in [0.3, 0.4) is 0 Å². The highest BCUT2D eigenvalue weighted by molar-refractivity contribution is 5.57. The molecule has 0 aliphatic carbocycles. The minimum Gasteiger partial charge on any atom is -0.494 e. The van der Waals surface area contributed by atoms with Gasteiger partial charge in [-0.2, -0.15) is 4.98 Å². The molecular weight excluding hydrogens is 253 g/mol. The van der Waals surface area contributed by atoms with Gasteiger partial charge in [-0.25, -0.2) is 4.39 Å². The number of benzene rings is 1. The van der Waals surface area contributed by atoms with Crippen LogP contribution in [0.4, 0.5) is 4.39 Å². The quantitative estimate of drug-likeness (QED) is 0.847. The van der Waals surface area contributed by atoms with E-state index in [4.69, 9.17) is 15.0 Å². The van der Waals surface area contributed by atoms with E-state index < -0.39 is 11.9 Å². The van der Waals surface area contributed by atoms with Crippen molar-refractivity contribution in [3.05, 3.63) is 29.9 Å². The molecule has 2 aromatic rings. The van der Waals surface area contributed by atoms with Gasteiger partial charge in [-0.3, -0.25) is 0 Å². The van der Waals surface area contributed by atoms with Gasteiger partial charge in [0.05, 0.1) is 7.11 Å². The second kappa shape index (κ2) is 5.77. The van der Waals surface area contributed by atoms with Crippen LogP contribution < -0.4 is 10.5 Å². The number of aliphatic hydroxyl groups excluding tert-OH is 1. The maximum atomic E-state index is 13.3. The highest BCUT2D eigenvalue weighted by Gasteiger charge is 2.17. The van der Waals surface area contributed by atoms with Crippen molar-refractivity contribution in [3.63, 3.8) is 0 Å². The summed E-state index contributed by atoms with van der Waals surface area (Å²) in [6.07, 6.45) is -0.567. The number of aliphatic hydroxyl groups is 1. The second-order valence-corrected chi connectivity index (χ2v) is 3.90. The Labute approximate surface area is 109 Å². The SMILES string of the molecule is COc1cc(-c2noc(C(O)CCN)n2)ccc1F. The first-order valence-electron chi connectivity index (χ1n) is 5.71. The van der Waals surface area contributed by atoms with E-state index in [1.165, 1.54) is 25.3 Å². The first-order valence-corrected chi connectivity index (χ1v) is 5.71. The summed E-state index contributed by atoms with van der Waals surface area (Å²) in [5, 5.41) is 13.4. The fraction of sp³-hybridized carbons (Fsp3) is 0.333. The second-order valence-electron chi connectivity index (χ2n) is 3.90. The van der Waals surface area contributed by atoms with E-state index in [9.17, 15) is 9.50 Å². The molecule has 0 saturated carbocycles. The standard InChI is InChI=1S/C12H14FN3O3/c1-18-10-6-7(2-3-8(10)13)11-15-12(19-16-11)9(17)4-5-14/h2-3,6,9,17H,4-5,14H2,1H3. The van der Waals surface area contributed by atoms with Crippen LogP contribution in [0.1, 0.15) is 18.4 Å². The number of methoxy groups -OCH3 is 1. The number of ether oxygens (including phenoxy) is 1. The Kier molecular flexibility index (Phi) is 4.08. The smallest absolute Gasteiger partial charge is 0.255 e. The Balaban J connectivity index is 2.27. The topological polar surface area (TPSA) is 94.4 Å². The molecule has 0 aliphatic rings. The highest BCUT2D eigenvalue weighted by atomic mass is 19.1. The van der Waals surface area contributed by atoms with Gasteiger partial charge in [0.2, 0.25) is 5.82 Å². The zero-order chi connectivity index (χ0) is 13.8. The van der Waals surface area contributed by atoms with Crippen molar-refractivity contribution in [1.82, 2.24) is 10.1 Å². The van der Waals surface area contributed by atoms with Crippen LogP contribution in [-0.4, -0.2) is 28.9 Å². The summed E-state index contributed by atoms with van der Waals surface area (Å²) >= 11 is 0. The number of hydrogen-bond donors (Lipinski definition) is 2. The first-order chi connectivity index (χ1) is 9.15. The van der Waals surface area contributed by atoms with Crippen LogP contribution in [0, 0.1) is 5.82 Å². The minimum absolute atomic E-state index is 0.0868. The Morgan fingerprint density at radius 3 is 3.00 bits per heavy atom. The summed E-state index contributed by atoms with van der Waals surface area (Å²) in [6.45, 7) is 0.309. The van der Waals surface area contributed by atoms with Gasteiger partial charge >= 0.3 is 0 Å². The number of halogens is 1. The summed E-state index contributed by atoms with van der Waals surface area (Å²) in [5.74, 6) is -0.0439. The highest BCUT2D eigenvalue weighted by Crippen LogP contribution is 2.25. The van der Waals surface area contributed by atoms with E-state index in [2.05, 4.69) is 10.1 Å². The summed E-state index contributed by atoms with van der Waals surface area (Å²) in [7, 11) is 1.37. The Bertz CT molecular complexity index is 559. The van der Waals surface area contributed by atoms with Crippen molar-refractivity contribution in [2.75, 3.05) is 13.7 Å². The van der Waals surface area contributed by atoms with Crippen molar-refractivity contribution >= 4 is 0 Å². The molecule has 0 bridgehead atoms. The Morgan fingerprint density at radius 2 is 2.32 bits per heavy atom. The van der Waals surface area contributed by atoms with Crippen molar-refractivity contribution < 1.29 is 18.8 Å². The molecule has 0 aliphatic heterocycles. The number of aromatic nitrogens is 2. The first kappa shape index (κ1) is 13.4. The molecule has 3 N–H and O–H groups in total. The van der Waals surface area contributed by atoms with Crippen LogP contribution in [-0.2, 0) is 0 Å². The van der Waals surface area contributed by atoms with Crippen molar-refractivity contribution in [3.8, 4) is 17.1 Å². The number of rotatable bonds is 5. The lowest BCUT2D eigenvalue weighted by atomic mass is 10.2. The summed E-state index contributed by atoms with van der Waals surface area (Å²) in [6, 6.07) is 4.21. The molecule has 0 amide bonds. The number of hydrogen-bond acceptors (Lipinski definition) is 6. The molecule has 1 heterocycles. The van der Waals surface area contributed by atoms with Crippen molar-refractivity contribution in [1.29, 1.82) is 0 Å². The Hall–Kier alpha value is -1.99. The average Bonchev–Trinajstić information content (AvgIpc) is 2.89. The molecule has 0 spiro atoms. The van der Waals surface area contributed by atoms with Crippen LogP contribution in [0.15, 0.2) is 22.7 Å². The van der Waals surface area contributed by atoms with Gasteiger partial charge in [-0.1, -0.05) is 5.16 Å². The molecule has 7 heteroatoms. The predicted octanol–water partition coefficient (Wildman–Crippen LogP) is 1.27. The van der Waals surface area contributed by atoms with Gasteiger partial charge in [-0.05, 0) is 31.2 Å². The van der Waals surface area contributed by atoms with Crippen molar-refractivity contribution in [2.45, 2.75) is 12.5 Å². The fourth-order valence-electron chi connectivity index (χ4n) is 1.57. The van der Waals surface area contributed by atoms with Gasteiger partial charge in [0, 0.05) is 5.56 Å². The zero-order valence-electron chi connectivity index (χ0n) is 10.3. The predicted molar refractivity (Wildman–Crippen MR) is 64.9 cm³/mol. The lowest BCUT2D eigenvalue weighted by molar-refractivity contribution is 0.127. The number of nitrogens with two attached hydrogens (primary N) is 1. The molecule has 1 unspecified atom stereocenters. The normalized spacial score (nSPS) is 12.4. The van der Waals surface area contributed by atoms with Gasteiger partial charge in [0.25, 0.3) is 5.89 Å². The van der Waals surface area contributed by atoms with E-state index in [0.717, 1.165) is 0 Å². The molecule has 0 fully saturated rings. The molecule has 2 rings (SSSR count). The van der Waals surface area contributed by atoms with Gasteiger partial charge in [0.1, 0.15) is 6.10 Å². The van der Waals surface area contributed by atoms with E-state index in [1.54, 1.807) is 0 Å². The molecule has 19 heavy (non-hydrogen) atoms. The minimum atomic E-state index is -0.895. The van der Waals surface area contributed by atoms with E-state index >= 15 is 0 Å². The lowest BCUT2D eigenvalue weighted by Gasteiger charge is -2.02. The molecule has 0 saturated heterocycles. The average molecular weight is 267 g/mol. The zero-order valence-corrected chi connectivity index (χ0v) is 10.3. The number of nitrogens with zero attached hydrogens (tertiary/aromatic N) is 2. The lowest BCUT2D eigenvalue weighted by Crippen LogP contribution is -2.06. The molecule has 1 atom stereocenters. The van der Waals surface area contributed by atoms with Gasteiger partial charge in [0.15, 0.2) is 11.6 Å². The third-order valence-electron chi connectivity index (χ3n) is 2.58. The molecular formula is C12H14FN3O3.